The van der Waals surface area contributed by atoms with Gasteiger partial charge in [0.2, 0.25) is 10.0 Å². The van der Waals surface area contributed by atoms with E-state index >= 15 is 0 Å². The summed E-state index contributed by atoms with van der Waals surface area (Å²) in [6.45, 7) is 3.49. The van der Waals surface area contributed by atoms with E-state index in [4.69, 9.17) is 0 Å². The summed E-state index contributed by atoms with van der Waals surface area (Å²) in [6.07, 6.45) is -0.676. The van der Waals surface area contributed by atoms with Crippen LogP contribution < -0.4 is 0 Å². The molecule has 1 aromatic rings. The van der Waals surface area contributed by atoms with Crippen LogP contribution in [0.1, 0.15) is 12.5 Å². The summed E-state index contributed by atoms with van der Waals surface area (Å²) in [6, 6.07) is 6.72. The molecule has 90 valence electrons. The molecule has 0 fully saturated rings. The molecule has 0 amide bonds. The molecule has 1 N–H and O–H groups in total. The van der Waals surface area contributed by atoms with Crippen molar-refractivity contribution in [3.8, 4) is 0 Å². The third-order valence-electron chi connectivity index (χ3n) is 2.22. The van der Waals surface area contributed by atoms with Gasteiger partial charge in [-0.15, -0.1) is 0 Å². The maximum atomic E-state index is 12.0. The molecule has 0 aliphatic heterocycles. The van der Waals surface area contributed by atoms with Crippen molar-refractivity contribution in [3.63, 3.8) is 0 Å². The highest BCUT2D eigenvalue weighted by molar-refractivity contribution is 7.89. The van der Waals surface area contributed by atoms with Crippen molar-refractivity contribution in [2.75, 3.05) is 13.6 Å². The Morgan fingerprint density at radius 1 is 1.44 bits per heavy atom. The number of hydrogen-bond donors (Lipinski definition) is 1. The highest BCUT2D eigenvalue weighted by Crippen LogP contribution is 2.15. The van der Waals surface area contributed by atoms with Gasteiger partial charge in [-0.2, -0.15) is 4.31 Å². The average molecular weight is 243 g/mol. The van der Waals surface area contributed by atoms with Crippen molar-refractivity contribution in [2.24, 2.45) is 0 Å². The van der Waals surface area contributed by atoms with Gasteiger partial charge in [-0.3, -0.25) is 0 Å². The molecule has 5 heteroatoms. The fraction of sp³-hybridized carbons (Fsp3) is 0.455. The van der Waals surface area contributed by atoms with Crippen LogP contribution in [0.4, 0.5) is 0 Å². The Morgan fingerprint density at radius 2 is 2.06 bits per heavy atom. The number of nitrogens with zero attached hydrogens (tertiary/aromatic N) is 1. The van der Waals surface area contributed by atoms with E-state index in [9.17, 15) is 13.5 Å². The Bertz CT molecular complexity index is 454. The molecule has 0 radical (unpaired) electrons. The number of likely N-dealkylation sites (N-methyl/N-ethyl adjacent to an activating group) is 1. The number of sulfonamides is 1. The first-order valence-electron chi connectivity index (χ1n) is 5.05. The van der Waals surface area contributed by atoms with Crippen LogP contribution in [0.3, 0.4) is 0 Å². The molecule has 16 heavy (non-hydrogen) atoms. The van der Waals surface area contributed by atoms with E-state index < -0.39 is 16.1 Å². The van der Waals surface area contributed by atoms with Crippen LogP contribution in [-0.2, 0) is 10.0 Å². The molecule has 1 unspecified atom stereocenters. The van der Waals surface area contributed by atoms with Crippen LogP contribution in [-0.4, -0.2) is 37.5 Å². The predicted molar refractivity (Wildman–Crippen MR) is 62.7 cm³/mol. The first-order chi connectivity index (χ1) is 7.34. The predicted octanol–water partition coefficient (Wildman–Crippen LogP) is 0.996. The van der Waals surface area contributed by atoms with Gasteiger partial charge in [0, 0.05) is 13.6 Å². The molecule has 1 atom stereocenters. The molecule has 1 rings (SSSR count). The molecule has 1 aromatic carbocycles. The summed E-state index contributed by atoms with van der Waals surface area (Å²) in [7, 11) is -2.02. The second-order valence-corrected chi connectivity index (χ2v) is 6.00. The lowest BCUT2D eigenvalue weighted by atomic mass is 10.2. The van der Waals surface area contributed by atoms with Gasteiger partial charge in [0.25, 0.3) is 0 Å². The number of benzene rings is 1. The van der Waals surface area contributed by atoms with E-state index in [1.54, 1.807) is 25.1 Å². The third-order valence-corrected chi connectivity index (χ3v) is 4.04. The van der Waals surface area contributed by atoms with E-state index in [-0.39, 0.29) is 11.4 Å². The maximum Gasteiger partial charge on any atom is 0.242 e. The van der Waals surface area contributed by atoms with Crippen LogP contribution in [0.15, 0.2) is 29.2 Å². The summed E-state index contributed by atoms with van der Waals surface area (Å²) in [5.41, 5.74) is 0.895. The van der Waals surface area contributed by atoms with Gasteiger partial charge < -0.3 is 5.11 Å². The number of hydrogen-bond acceptors (Lipinski definition) is 3. The van der Waals surface area contributed by atoms with Crippen molar-refractivity contribution in [2.45, 2.75) is 24.8 Å². The summed E-state index contributed by atoms with van der Waals surface area (Å²) in [5.74, 6) is 0. The minimum Gasteiger partial charge on any atom is -0.392 e. The first kappa shape index (κ1) is 13.2. The van der Waals surface area contributed by atoms with E-state index in [1.165, 1.54) is 7.05 Å². The van der Waals surface area contributed by atoms with E-state index in [0.717, 1.165) is 9.87 Å². The van der Waals surface area contributed by atoms with Gasteiger partial charge in [-0.05, 0) is 31.5 Å². The summed E-state index contributed by atoms with van der Waals surface area (Å²) in [5, 5.41) is 9.18. The second kappa shape index (κ2) is 4.95. The van der Waals surface area contributed by atoms with E-state index in [1.807, 2.05) is 13.0 Å². The van der Waals surface area contributed by atoms with Crippen LogP contribution in [0, 0.1) is 6.92 Å². The number of aliphatic hydroxyl groups excluding tert-OH is 1. The van der Waals surface area contributed by atoms with Crippen molar-refractivity contribution in [3.05, 3.63) is 29.8 Å². The minimum absolute atomic E-state index is 0.0935. The zero-order chi connectivity index (χ0) is 12.3. The topological polar surface area (TPSA) is 57.6 Å². The number of aliphatic hydroxyl groups is 1. The molecule has 0 saturated carbocycles. The van der Waals surface area contributed by atoms with Gasteiger partial charge >= 0.3 is 0 Å². The normalized spacial score (nSPS) is 14.1. The first-order valence-corrected chi connectivity index (χ1v) is 6.49. The molecule has 0 aliphatic carbocycles. The Balaban J connectivity index is 3.02. The maximum absolute atomic E-state index is 12.0. The van der Waals surface area contributed by atoms with Crippen molar-refractivity contribution < 1.29 is 13.5 Å². The second-order valence-electron chi connectivity index (χ2n) is 3.95. The Labute approximate surface area is 96.6 Å². The monoisotopic (exact) mass is 243 g/mol. The minimum atomic E-state index is -3.48. The lowest BCUT2D eigenvalue weighted by Gasteiger charge is -2.18. The van der Waals surface area contributed by atoms with Crippen LogP contribution >= 0.6 is 0 Å². The van der Waals surface area contributed by atoms with Gasteiger partial charge in [0.15, 0.2) is 0 Å². The molecule has 0 saturated heterocycles. The highest BCUT2D eigenvalue weighted by Gasteiger charge is 2.21. The smallest absolute Gasteiger partial charge is 0.242 e. The van der Waals surface area contributed by atoms with E-state index in [2.05, 4.69) is 0 Å². The summed E-state index contributed by atoms with van der Waals surface area (Å²) in [4.78, 5) is 0.260. The fourth-order valence-electron chi connectivity index (χ4n) is 1.43. The van der Waals surface area contributed by atoms with Gasteiger partial charge in [-0.25, -0.2) is 8.42 Å². The number of aryl methyl sites for hydroxylation is 1. The Morgan fingerprint density at radius 3 is 2.56 bits per heavy atom. The lowest BCUT2D eigenvalue weighted by Crippen LogP contribution is -2.33. The van der Waals surface area contributed by atoms with Gasteiger partial charge in [0.05, 0.1) is 11.0 Å². The molecular weight excluding hydrogens is 226 g/mol. The quantitative estimate of drug-likeness (QED) is 0.858. The van der Waals surface area contributed by atoms with E-state index in [0.29, 0.717) is 0 Å². The van der Waals surface area contributed by atoms with Gasteiger partial charge in [0.1, 0.15) is 0 Å². The number of rotatable bonds is 4. The van der Waals surface area contributed by atoms with Crippen molar-refractivity contribution >= 4 is 10.0 Å². The standard InChI is InChI=1S/C11H17NO3S/c1-9-5-4-6-11(7-9)16(14,15)12(3)8-10(2)13/h4-7,10,13H,8H2,1-3H3. The molecule has 0 bridgehead atoms. The summed E-state index contributed by atoms with van der Waals surface area (Å²) < 4.78 is 25.2. The van der Waals surface area contributed by atoms with Gasteiger partial charge in [-0.1, -0.05) is 12.1 Å². The summed E-state index contributed by atoms with van der Waals surface area (Å²) >= 11 is 0. The molecule has 0 aromatic heterocycles. The zero-order valence-electron chi connectivity index (χ0n) is 9.71. The van der Waals surface area contributed by atoms with Crippen LogP contribution in [0.25, 0.3) is 0 Å². The largest absolute Gasteiger partial charge is 0.392 e. The van der Waals surface area contributed by atoms with Crippen molar-refractivity contribution in [1.82, 2.24) is 4.31 Å². The fourth-order valence-corrected chi connectivity index (χ4v) is 2.78. The highest BCUT2D eigenvalue weighted by atomic mass is 32.2. The molecule has 0 heterocycles. The Kier molecular flexibility index (Phi) is 4.07. The SMILES string of the molecule is Cc1cccc(S(=O)(=O)N(C)CC(C)O)c1. The zero-order valence-corrected chi connectivity index (χ0v) is 10.5. The Hall–Kier alpha value is -0.910. The molecule has 0 spiro atoms. The molecule has 0 aliphatic rings. The van der Waals surface area contributed by atoms with Crippen molar-refractivity contribution in [1.29, 1.82) is 0 Å². The van der Waals surface area contributed by atoms with Crippen LogP contribution in [0.2, 0.25) is 0 Å². The van der Waals surface area contributed by atoms with Crippen LogP contribution in [0.5, 0.6) is 0 Å². The molecule has 4 nitrogen and oxygen atoms in total. The average Bonchev–Trinajstić information content (AvgIpc) is 2.16. The molecular formula is C11H17NO3S. The third kappa shape index (κ3) is 3.04. The lowest BCUT2D eigenvalue weighted by molar-refractivity contribution is 0.171.